The molecule has 1 aromatic carbocycles. The number of carbonyl (C=O) groups excluding carboxylic acids is 2. The first kappa shape index (κ1) is 10.7. The lowest BCUT2D eigenvalue weighted by molar-refractivity contribution is 0.0697. The fourth-order valence-corrected chi connectivity index (χ4v) is 1.04. The van der Waals surface area contributed by atoms with E-state index in [-0.39, 0.29) is 16.7 Å². The Labute approximate surface area is 84.5 Å². The fourth-order valence-electron chi connectivity index (χ4n) is 1.04. The highest BCUT2D eigenvalue weighted by Gasteiger charge is 2.12. The summed E-state index contributed by atoms with van der Waals surface area (Å²) in [5.74, 6) is -2.90. The van der Waals surface area contributed by atoms with Crippen LogP contribution in [0, 0.1) is 0 Å². The molecule has 5 N–H and O–H groups in total. The van der Waals surface area contributed by atoms with Crippen molar-refractivity contribution < 1.29 is 19.5 Å². The minimum atomic E-state index is -1.26. The van der Waals surface area contributed by atoms with Gasteiger partial charge in [0, 0.05) is 11.1 Å². The van der Waals surface area contributed by atoms with Crippen LogP contribution < -0.4 is 11.5 Å². The summed E-state index contributed by atoms with van der Waals surface area (Å²) in [4.78, 5) is 32.3. The molecule has 0 aromatic heterocycles. The molecule has 1 aromatic rings. The Morgan fingerprint density at radius 3 is 1.47 bits per heavy atom. The van der Waals surface area contributed by atoms with Gasteiger partial charge < -0.3 is 16.6 Å². The summed E-state index contributed by atoms with van der Waals surface area (Å²) in [5.41, 5.74) is 9.60. The maximum atomic E-state index is 10.8. The van der Waals surface area contributed by atoms with E-state index in [1.165, 1.54) is 0 Å². The zero-order valence-electron chi connectivity index (χ0n) is 7.56. The summed E-state index contributed by atoms with van der Waals surface area (Å²) >= 11 is 0. The normalized spacial score (nSPS) is 9.60. The van der Waals surface area contributed by atoms with E-state index in [0.29, 0.717) is 0 Å². The molecule has 0 aliphatic rings. The predicted octanol–water partition coefficient (Wildman–Crippen LogP) is -0.417. The molecule has 15 heavy (non-hydrogen) atoms. The summed E-state index contributed by atoms with van der Waals surface area (Å²) in [6, 6.07) is 3.31. The SMILES string of the molecule is NC(=O)c1cc(C(N)=O)cc(C(=O)O)c1. The Morgan fingerprint density at radius 1 is 0.867 bits per heavy atom. The minimum Gasteiger partial charge on any atom is -0.478 e. The second-order valence-electron chi connectivity index (χ2n) is 2.83. The molecule has 2 amide bonds. The third kappa shape index (κ3) is 2.31. The van der Waals surface area contributed by atoms with Gasteiger partial charge in [-0.2, -0.15) is 0 Å². The molecule has 0 bridgehead atoms. The van der Waals surface area contributed by atoms with E-state index in [9.17, 15) is 14.4 Å². The van der Waals surface area contributed by atoms with Crippen molar-refractivity contribution in [2.75, 3.05) is 0 Å². The number of carboxylic acids is 1. The van der Waals surface area contributed by atoms with Crippen LogP contribution in [-0.2, 0) is 0 Å². The van der Waals surface area contributed by atoms with Crippen LogP contribution in [0.3, 0.4) is 0 Å². The number of primary amides is 2. The molecule has 0 fully saturated rings. The second-order valence-corrected chi connectivity index (χ2v) is 2.83. The van der Waals surface area contributed by atoms with Crippen molar-refractivity contribution in [1.29, 1.82) is 0 Å². The molecule has 0 aliphatic heterocycles. The van der Waals surface area contributed by atoms with Gasteiger partial charge >= 0.3 is 5.97 Å². The number of carboxylic acid groups (broad SMARTS) is 1. The number of hydrogen-bond acceptors (Lipinski definition) is 3. The van der Waals surface area contributed by atoms with E-state index in [4.69, 9.17) is 16.6 Å². The molecule has 0 heterocycles. The van der Waals surface area contributed by atoms with Crippen molar-refractivity contribution >= 4 is 17.8 Å². The van der Waals surface area contributed by atoms with Crippen molar-refractivity contribution in [2.24, 2.45) is 11.5 Å². The quantitative estimate of drug-likeness (QED) is 0.624. The number of benzene rings is 1. The minimum absolute atomic E-state index is 0.0660. The average Bonchev–Trinajstić information content (AvgIpc) is 2.16. The number of carbonyl (C=O) groups is 3. The van der Waals surface area contributed by atoms with Crippen LogP contribution in [0.5, 0.6) is 0 Å². The van der Waals surface area contributed by atoms with Crippen LogP contribution in [0.4, 0.5) is 0 Å². The Kier molecular flexibility index (Phi) is 2.70. The van der Waals surface area contributed by atoms with Crippen LogP contribution in [-0.4, -0.2) is 22.9 Å². The zero-order valence-corrected chi connectivity index (χ0v) is 7.56. The van der Waals surface area contributed by atoms with Gasteiger partial charge in [0.25, 0.3) is 0 Å². The highest BCUT2D eigenvalue weighted by atomic mass is 16.4. The third-order valence-corrected chi connectivity index (χ3v) is 1.75. The average molecular weight is 208 g/mol. The van der Waals surface area contributed by atoms with Gasteiger partial charge in [-0.1, -0.05) is 0 Å². The molecule has 1 rings (SSSR count). The van der Waals surface area contributed by atoms with Gasteiger partial charge in [0.05, 0.1) is 5.56 Å². The van der Waals surface area contributed by atoms with Crippen LogP contribution in [0.1, 0.15) is 31.1 Å². The largest absolute Gasteiger partial charge is 0.478 e. The van der Waals surface area contributed by atoms with Gasteiger partial charge in [0.15, 0.2) is 0 Å². The highest BCUT2D eigenvalue weighted by molar-refractivity contribution is 6.02. The monoisotopic (exact) mass is 208 g/mol. The maximum absolute atomic E-state index is 10.8. The number of aromatic carboxylic acids is 1. The number of hydrogen-bond donors (Lipinski definition) is 3. The first-order chi connectivity index (χ1) is 6.91. The predicted molar refractivity (Wildman–Crippen MR) is 50.4 cm³/mol. The van der Waals surface area contributed by atoms with Crippen molar-refractivity contribution in [3.63, 3.8) is 0 Å². The number of nitrogens with two attached hydrogens (primary N) is 2. The Hall–Kier alpha value is -2.37. The fraction of sp³-hybridized carbons (Fsp3) is 0. The Balaban J connectivity index is 3.39. The lowest BCUT2D eigenvalue weighted by atomic mass is 10.0. The van der Waals surface area contributed by atoms with E-state index >= 15 is 0 Å². The molecule has 0 unspecified atom stereocenters. The molecular formula is C9H8N2O4. The van der Waals surface area contributed by atoms with Crippen molar-refractivity contribution in [2.45, 2.75) is 0 Å². The van der Waals surface area contributed by atoms with Gasteiger partial charge in [-0.25, -0.2) is 4.79 Å². The maximum Gasteiger partial charge on any atom is 0.335 e. The second kappa shape index (κ2) is 3.79. The molecule has 0 saturated carbocycles. The molecule has 0 atom stereocenters. The lowest BCUT2D eigenvalue weighted by Crippen LogP contribution is -2.17. The lowest BCUT2D eigenvalue weighted by Gasteiger charge is -2.02. The Morgan fingerprint density at radius 2 is 1.20 bits per heavy atom. The van der Waals surface area contributed by atoms with Crippen LogP contribution >= 0.6 is 0 Å². The van der Waals surface area contributed by atoms with Crippen molar-refractivity contribution in [3.05, 3.63) is 34.9 Å². The van der Waals surface area contributed by atoms with E-state index < -0.39 is 17.8 Å². The van der Waals surface area contributed by atoms with E-state index in [2.05, 4.69) is 0 Å². The molecule has 0 saturated heterocycles. The zero-order chi connectivity index (χ0) is 11.6. The van der Waals surface area contributed by atoms with Gasteiger partial charge in [-0.3, -0.25) is 9.59 Å². The standard InChI is InChI=1S/C9H8N2O4/c10-7(12)4-1-5(8(11)13)3-6(2-4)9(14)15/h1-3H,(H2,10,12)(H2,11,13)(H,14,15). The van der Waals surface area contributed by atoms with Gasteiger partial charge in [-0.05, 0) is 18.2 Å². The van der Waals surface area contributed by atoms with Crippen molar-refractivity contribution in [3.8, 4) is 0 Å². The first-order valence-corrected chi connectivity index (χ1v) is 3.90. The highest BCUT2D eigenvalue weighted by Crippen LogP contribution is 2.10. The molecule has 78 valence electrons. The van der Waals surface area contributed by atoms with Gasteiger partial charge in [0.2, 0.25) is 11.8 Å². The number of amides is 2. The molecule has 0 spiro atoms. The molecule has 6 heteroatoms. The summed E-state index contributed by atoms with van der Waals surface area (Å²) in [5, 5.41) is 8.69. The summed E-state index contributed by atoms with van der Waals surface area (Å²) in [7, 11) is 0. The number of rotatable bonds is 3. The molecular weight excluding hydrogens is 200 g/mol. The van der Waals surface area contributed by atoms with Crippen LogP contribution in [0.25, 0.3) is 0 Å². The molecule has 6 nitrogen and oxygen atoms in total. The van der Waals surface area contributed by atoms with E-state index in [1.54, 1.807) is 0 Å². The molecule has 0 aliphatic carbocycles. The van der Waals surface area contributed by atoms with E-state index in [0.717, 1.165) is 18.2 Å². The van der Waals surface area contributed by atoms with Crippen molar-refractivity contribution in [1.82, 2.24) is 0 Å². The van der Waals surface area contributed by atoms with Gasteiger partial charge in [0.1, 0.15) is 0 Å². The smallest absolute Gasteiger partial charge is 0.335 e. The summed E-state index contributed by atoms with van der Waals surface area (Å²) < 4.78 is 0. The first-order valence-electron chi connectivity index (χ1n) is 3.90. The van der Waals surface area contributed by atoms with Crippen LogP contribution in [0.15, 0.2) is 18.2 Å². The Bertz CT molecular complexity index is 374. The van der Waals surface area contributed by atoms with E-state index in [1.807, 2.05) is 0 Å². The van der Waals surface area contributed by atoms with Crippen LogP contribution in [0.2, 0.25) is 0 Å². The molecule has 0 radical (unpaired) electrons. The third-order valence-electron chi connectivity index (χ3n) is 1.75. The topological polar surface area (TPSA) is 123 Å². The summed E-state index contributed by atoms with van der Waals surface area (Å²) in [6.45, 7) is 0. The summed E-state index contributed by atoms with van der Waals surface area (Å²) in [6.07, 6.45) is 0. The van der Waals surface area contributed by atoms with Gasteiger partial charge in [-0.15, -0.1) is 0 Å².